The monoisotopic (exact) mass is 377 g/mol. The predicted octanol–water partition coefficient (Wildman–Crippen LogP) is 2.73. The number of hydrogen-bond acceptors (Lipinski definition) is 1. The standard InChI is InChI=1S/C14H20FN3.HI/c1-3-9-17-14(16-4-2)18-10-8-12-6-5-7-13(15)11-12;/h3,5-7,11H,1,4,8-10H2,2H3,(H2,16,17,18);1H. The molecule has 1 rings (SSSR count). The average Bonchev–Trinajstić information content (AvgIpc) is 2.36. The van der Waals surface area contributed by atoms with Gasteiger partial charge in [-0.15, -0.1) is 30.6 Å². The van der Waals surface area contributed by atoms with Crippen molar-refractivity contribution in [2.75, 3.05) is 19.6 Å². The predicted molar refractivity (Wildman–Crippen MR) is 89.7 cm³/mol. The lowest BCUT2D eigenvalue weighted by Gasteiger charge is -2.09. The smallest absolute Gasteiger partial charge is 0.191 e. The molecule has 0 aliphatic rings. The normalized spacial score (nSPS) is 10.5. The van der Waals surface area contributed by atoms with Gasteiger partial charge in [-0.2, -0.15) is 0 Å². The van der Waals surface area contributed by atoms with Crippen LogP contribution in [-0.4, -0.2) is 25.6 Å². The molecule has 0 saturated carbocycles. The zero-order valence-electron chi connectivity index (χ0n) is 11.2. The van der Waals surface area contributed by atoms with Gasteiger partial charge >= 0.3 is 0 Å². The molecule has 0 atom stereocenters. The number of guanidine groups is 1. The summed E-state index contributed by atoms with van der Waals surface area (Å²) in [4.78, 5) is 4.40. The van der Waals surface area contributed by atoms with Crippen molar-refractivity contribution < 1.29 is 4.39 Å². The number of benzene rings is 1. The van der Waals surface area contributed by atoms with E-state index >= 15 is 0 Å². The van der Waals surface area contributed by atoms with Crippen molar-refractivity contribution in [2.45, 2.75) is 13.3 Å². The number of hydrogen-bond donors (Lipinski definition) is 2. The highest BCUT2D eigenvalue weighted by Crippen LogP contribution is 2.04. The van der Waals surface area contributed by atoms with Gasteiger partial charge in [-0.1, -0.05) is 18.2 Å². The maximum absolute atomic E-state index is 13.0. The van der Waals surface area contributed by atoms with Crippen LogP contribution in [0.25, 0.3) is 0 Å². The van der Waals surface area contributed by atoms with Crippen molar-refractivity contribution in [1.29, 1.82) is 0 Å². The minimum atomic E-state index is -0.201. The zero-order chi connectivity index (χ0) is 13.2. The van der Waals surface area contributed by atoms with Crippen LogP contribution in [0.15, 0.2) is 41.9 Å². The van der Waals surface area contributed by atoms with Crippen LogP contribution < -0.4 is 10.6 Å². The van der Waals surface area contributed by atoms with E-state index in [1.54, 1.807) is 18.2 Å². The highest BCUT2D eigenvalue weighted by Gasteiger charge is 1.97. The van der Waals surface area contributed by atoms with Gasteiger partial charge in [-0.3, -0.25) is 4.99 Å². The van der Waals surface area contributed by atoms with E-state index in [1.165, 1.54) is 6.07 Å². The average molecular weight is 377 g/mol. The van der Waals surface area contributed by atoms with Gasteiger partial charge in [0, 0.05) is 19.6 Å². The van der Waals surface area contributed by atoms with Crippen LogP contribution in [0.3, 0.4) is 0 Å². The molecule has 0 spiro atoms. The highest BCUT2D eigenvalue weighted by molar-refractivity contribution is 14.0. The van der Waals surface area contributed by atoms with E-state index in [0.29, 0.717) is 13.1 Å². The molecule has 0 heterocycles. The summed E-state index contributed by atoms with van der Waals surface area (Å²) in [5, 5.41) is 6.25. The Kier molecular flexibility index (Phi) is 10.1. The Morgan fingerprint density at radius 3 is 2.84 bits per heavy atom. The van der Waals surface area contributed by atoms with Crippen molar-refractivity contribution in [3.63, 3.8) is 0 Å². The van der Waals surface area contributed by atoms with Crippen molar-refractivity contribution in [2.24, 2.45) is 4.99 Å². The van der Waals surface area contributed by atoms with Crippen LogP contribution in [0.1, 0.15) is 12.5 Å². The van der Waals surface area contributed by atoms with E-state index in [4.69, 9.17) is 0 Å². The molecule has 5 heteroatoms. The molecule has 0 amide bonds. The second-order valence-corrected chi connectivity index (χ2v) is 3.81. The first-order valence-electron chi connectivity index (χ1n) is 6.13. The van der Waals surface area contributed by atoms with Crippen molar-refractivity contribution in [3.8, 4) is 0 Å². The fourth-order valence-electron chi connectivity index (χ4n) is 1.50. The second kappa shape index (κ2) is 10.8. The number of nitrogens with one attached hydrogen (secondary N) is 2. The molecule has 0 radical (unpaired) electrons. The molecular weight excluding hydrogens is 356 g/mol. The van der Waals surface area contributed by atoms with Crippen LogP contribution in [0.5, 0.6) is 0 Å². The topological polar surface area (TPSA) is 36.4 Å². The first-order chi connectivity index (χ1) is 8.76. The summed E-state index contributed by atoms with van der Waals surface area (Å²) in [7, 11) is 0. The maximum Gasteiger partial charge on any atom is 0.191 e. The van der Waals surface area contributed by atoms with Gasteiger partial charge < -0.3 is 10.6 Å². The van der Waals surface area contributed by atoms with Gasteiger partial charge in [-0.25, -0.2) is 4.39 Å². The Morgan fingerprint density at radius 1 is 1.42 bits per heavy atom. The van der Waals surface area contributed by atoms with Gasteiger partial charge in [0.15, 0.2) is 5.96 Å². The summed E-state index contributed by atoms with van der Waals surface area (Å²) in [5.41, 5.74) is 0.957. The Balaban J connectivity index is 0.00000324. The second-order valence-electron chi connectivity index (χ2n) is 3.81. The van der Waals surface area contributed by atoms with Gasteiger partial charge in [0.2, 0.25) is 0 Å². The molecule has 0 aliphatic carbocycles. The number of aliphatic imine (C=N–C) groups is 1. The summed E-state index contributed by atoms with van der Waals surface area (Å²) >= 11 is 0. The van der Waals surface area contributed by atoms with Crippen LogP contribution in [-0.2, 0) is 6.42 Å². The highest BCUT2D eigenvalue weighted by atomic mass is 127. The van der Waals surface area contributed by atoms with E-state index < -0.39 is 0 Å². The lowest BCUT2D eigenvalue weighted by atomic mass is 10.1. The quantitative estimate of drug-likeness (QED) is 0.346. The SMILES string of the molecule is C=CCNC(=NCCc1cccc(F)c1)NCC.I. The minimum Gasteiger partial charge on any atom is -0.357 e. The Labute approximate surface area is 131 Å². The third kappa shape index (κ3) is 7.81. The van der Waals surface area contributed by atoms with Crippen LogP contribution in [0.2, 0.25) is 0 Å². The molecule has 1 aromatic carbocycles. The Morgan fingerprint density at radius 2 is 2.21 bits per heavy atom. The van der Waals surface area contributed by atoms with Crippen LogP contribution >= 0.6 is 24.0 Å². The maximum atomic E-state index is 13.0. The molecule has 1 aromatic rings. The van der Waals surface area contributed by atoms with Crippen LogP contribution in [0.4, 0.5) is 4.39 Å². The molecule has 0 aliphatic heterocycles. The number of halogens is 2. The van der Waals surface area contributed by atoms with E-state index in [2.05, 4.69) is 22.2 Å². The van der Waals surface area contributed by atoms with Crippen molar-refractivity contribution >= 4 is 29.9 Å². The molecule has 0 aromatic heterocycles. The largest absolute Gasteiger partial charge is 0.357 e. The van der Waals surface area contributed by atoms with E-state index in [1.807, 2.05) is 13.0 Å². The van der Waals surface area contributed by atoms with Crippen molar-refractivity contribution in [1.82, 2.24) is 10.6 Å². The third-order valence-corrected chi connectivity index (χ3v) is 2.32. The summed E-state index contributed by atoms with van der Waals surface area (Å²) in [6, 6.07) is 6.61. The van der Waals surface area contributed by atoms with Gasteiger partial charge in [-0.05, 0) is 31.0 Å². The lowest BCUT2D eigenvalue weighted by Crippen LogP contribution is -2.37. The minimum absolute atomic E-state index is 0. The molecule has 0 saturated heterocycles. The molecule has 3 nitrogen and oxygen atoms in total. The molecule has 0 fully saturated rings. The lowest BCUT2D eigenvalue weighted by molar-refractivity contribution is 0.625. The van der Waals surface area contributed by atoms with Crippen molar-refractivity contribution in [3.05, 3.63) is 48.3 Å². The van der Waals surface area contributed by atoms with E-state index in [0.717, 1.165) is 24.5 Å². The molecule has 19 heavy (non-hydrogen) atoms. The molecular formula is C14H21FIN3. The zero-order valence-corrected chi connectivity index (χ0v) is 13.5. The molecule has 106 valence electrons. The van der Waals surface area contributed by atoms with Gasteiger partial charge in [0.05, 0.1) is 0 Å². The Hall–Kier alpha value is -1.11. The summed E-state index contributed by atoms with van der Waals surface area (Å²) in [5.74, 6) is 0.557. The molecule has 0 unspecified atom stereocenters. The molecule has 0 bridgehead atoms. The third-order valence-electron chi connectivity index (χ3n) is 2.32. The number of nitrogens with zero attached hydrogens (tertiary/aromatic N) is 1. The van der Waals surface area contributed by atoms with E-state index in [-0.39, 0.29) is 29.8 Å². The van der Waals surface area contributed by atoms with Gasteiger partial charge in [0.25, 0.3) is 0 Å². The summed E-state index contributed by atoms with van der Waals surface area (Å²) in [6.45, 7) is 7.76. The van der Waals surface area contributed by atoms with Crippen LogP contribution in [0, 0.1) is 5.82 Å². The number of rotatable bonds is 6. The van der Waals surface area contributed by atoms with Gasteiger partial charge in [0.1, 0.15) is 5.82 Å². The Bertz CT molecular complexity index is 407. The fourth-order valence-corrected chi connectivity index (χ4v) is 1.50. The molecule has 2 N–H and O–H groups in total. The fraction of sp³-hybridized carbons (Fsp3) is 0.357. The summed E-state index contributed by atoms with van der Waals surface area (Å²) < 4.78 is 13.0. The summed E-state index contributed by atoms with van der Waals surface area (Å²) in [6.07, 6.45) is 2.50. The first kappa shape index (κ1) is 17.9. The van der Waals surface area contributed by atoms with E-state index in [9.17, 15) is 4.39 Å². The first-order valence-corrected chi connectivity index (χ1v) is 6.13.